The molecule has 0 aliphatic heterocycles. The fourth-order valence-corrected chi connectivity index (χ4v) is 2.69. The van der Waals surface area contributed by atoms with Gasteiger partial charge in [0.25, 0.3) is 0 Å². The highest BCUT2D eigenvalue weighted by atomic mass is 35.5. The Morgan fingerprint density at radius 3 is 2.85 bits per heavy atom. The number of amides is 1. The molecular weight excluding hydrogens is 294 g/mol. The summed E-state index contributed by atoms with van der Waals surface area (Å²) in [5, 5.41) is 4.09. The van der Waals surface area contributed by atoms with E-state index in [9.17, 15) is 4.79 Å². The van der Waals surface area contributed by atoms with Crippen molar-refractivity contribution >= 4 is 35.0 Å². The van der Waals surface area contributed by atoms with Crippen LogP contribution in [0.3, 0.4) is 0 Å². The summed E-state index contributed by atoms with van der Waals surface area (Å²) in [6.07, 6.45) is 0.884. The van der Waals surface area contributed by atoms with Crippen LogP contribution in [0.1, 0.15) is 18.3 Å². The first kappa shape index (κ1) is 14.9. The van der Waals surface area contributed by atoms with Crippen LogP contribution in [0.25, 0.3) is 0 Å². The van der Waals surface area contributed by atoms with Crippen molar-refractivity contribution in [3.8, 4) is 0 Å². The number of H-pyrrole nitrogens is 1. The van der Waals surface area contributed by atoms with Crippen molar-refractivity contribution in [2.45, 2.75) is 25.4 Å². The Morgan fingerprint density at radius 2 is 2.20 bits per heavy atom. The van der Waals surface area contributed by atoms with Gasteiger partial charge in [-0.05, 0) is 25.5 Å². The third-order valence-corrected chi connectivity index (χ3v) is 3.99. The third kappa shape index (κ3) is 3.77. The van der Waals surface area contributed by atoms with Crippen molar-refractivity contribution in [1.82, 2.24) is 9.97 Å². The molecule has 0 bridgehead atoms. The number of aromatic amines is 1. The fraction of sp³-hybridized carbons (Fsp3) is 0.286. The zero-order valence-electron chi connectivity index (χ0n) is 11.4. The monoisotopic (exact) mass is 309 g/mol. The van der Waals surface area contributed by atoms with Gasteiger partial charge in [-0.15, -0.1) is 0 Å². The molecule has 6 heteroatoms. The number of halogens is 1. The molecule has 0 aliphatic rings. The number of carbonyl (C=O) groups is 1. The zero-order valence-corrected chi connectivity index (χ0v) is 12.9. The van der Waals surface area contributed by atoms with E-state index in [0.29, 0.717) is 16.5 Å². The molecule has 0 fully saturated rings. The number of benzene rings is 1. The van der Waals surface area contributed by atoms with Crippen LogP contribution in [0.15, 0.2) is 29.4 Å². The second-order valence-electron chi connectivity index (χ2n) is 4.28. The van der Waals surface area contributed by atoms with E-state index in [4.69, 9.17) is 11.6 Å². The molecule has 2 aromatic rings. The highest BCUT2D eigenvalue weighted by molar-refractivity contribution is 7.99. The van der Waals surface area contributed by atoms with Gasteiger partial charge in [0.15, 0.2) is 5.16 Å². The molecule has 1 heterocycles. The molecular formula is C14H16ClN3OS. The number of aromatic nitrogens is 2. The summed E-state index contributed by atoms with van der Waals surface area (Å²) < 4.78 is 0. The Morgan fingerprint density at radius 1 is 1.45 bits per heavy atom. The van der Waals surface area contributed by atoms with Crippen molar-refractivity contribution in [2.24, 2.45) is 0 Å². The number of thioether (sulfide) groups is 1. The molecule has 2 N–H and O–H groups in total. The molecule has 1 aromatic carbocycles. The van der Waals surface area contributed by atoms with Crippen LogP contribution < -0.4 is 5.32 Å². The number of para-hydroxylation sites is 1. The minimum atomic E-state index is -0.102. The average Bonchev–Trinajstić information content (AvgIpc) is 2.79. The van der Waals surface area contributed by atoms with Crippen LogP contribution in [0, 0.1) is 6.92 Å². The molecule has 106 valence electrons. The second-order valence-corrected chi connectivity index (χ2v) is 5.66. The summed E-state index contributed by atoms with van der Waals surface area (Å²) in [5.41, 5.74) is 2.73. The van der Waals surface area contributed by atoms with Crippen LogP contribution in [0.5, 0.6) is 0 Å². The predicted octanol–water partition coefficient (Wildman–Crippen LogP) is 3.66. The molecule has 1 amide bonds. The van der Waals surface area contributed by atoms with Crippen molar-refractivity contribution in [3.05, 3.63) is 40.7 Å². The maximum atomic E-state index is 11.9. The fourth-order valence-electron chi connectivity index (χ4n) is 1.76. The summed E-state index contributed by atoms with van der Waals surface area (Å²) >= 11 is 7.37. The van der Waals surface area contributed by atoms with Crippen LogP contribution in [-0.4, -0.2) is 21.6 Å². The number of imidazole rings is 1. The molecule has 0 unspecified atom stereocenters. The predicted molar refractivity (Wildman–Crippen MR) is 83.5 cm³/mol. The van der Waals surface area contributed by atoms with Gasteiger partial charge in [-0.1, -0.05) is 42.4 Å². The SMILES string of the molecule is CCc1nc(SCC(=O)Nc2ccccc2Cl)[nH]c1C. The van der Waals surface area contributed by atoms with Crippen LogP contribution in [0.2, 0.25) is 5.02 Å². The minimum absolute atomic E-state index is 0.102. The highest BCUT2D eigenvalue weighted by Crippen LogP contribution is 2.21. The third-order valence-electron chi connectivity index (χ3n) is 2.79. The largest absolute Gasteiger partial charge is 0.337 e. The lowest BCUT2D eigenvalue weighted by Gasteiger charge is -2.05. The Bertz CT molecular complexity index is 612. The number of carbonyl (C=O) groups excluding carboxylic acids is 1. The molecule has 0 atom stereocenters. The number of nitrogens with zero attached hydrogens (tertiary/aromatic N) is 1. The molecule has 1 aromatic heterocycles. The maximum absolute atomic E-state index is 11.9. The summed E-state index contributed by atoms with van der Waals surface area (Å²) in [5.74, 6) is 0.191. The van der Waals surface area contributed by atoms with Gasteiger partial charge in [-0.25, -0.2) is 4.98 Å². The van der Waals surface area contributed by atoms with Crippen LogP contribution in [-0.2, 0) is 11.2 Å². The Kier molecular flexibility index (Phi) is 5.09. The Labute approximate surface area is 127 Å². The molecule has 0 spiro atoms. The zero-order chi connectivity index (χ0) is 14.5. The van der Waals surface area contributed by atoms with E-state index >= 15 is 0 Å². The minimum Gasteiger partial charge on any atom is -0.337 e. The lowest BCUT2D eigenvalue weighted by atomic mass is 10.3. The van der Waals surface area contributed by atoms with E-state index < -0.39 is 0 Å². The van der Waals surface area contributed by atoms with Crippen molar-refractivity contribution in [2.75, 3.05) is 11.1 Å². The second kappa shape index (κ2) is 6.81. The Balaban J connectivity index is 1.90. The van der Waals surface area contributed by atoms with E-state index in [1.165, 1.54) is 11.8 Å². The standard InChI is InChI=1S/C14H16ClN3OS/c1-3-11-9(2)16-14(18-11)20-8-13(19)17-12-7-5-4-6-10(12)15/h4-7H,3,8H2,1-2H3,(H,16,18)(H,17,19). The smallest absolute Gasteiger partial charge is 0.234 e. The first-order valence-corrected chi connectivity index (χ1v) is 7.69. The highest BCUT2D eigenvalue weighted by Gasteiger charge is 2.09. The normalized spacial score (nSPS) is 10.6. The van der Waals surface area contributed by atoms with Crippen LogP contribution in [0.4, 0.5) is 5.69 Å². The first-order valence-electron chi connectivity index (χ1n) is 6.32. The number of anilines is 1. The number of hydrogen-bond donors (Lipinski definition) is 2. The molecule has 4 nitrogen and oxygen atoms in total. The van der Waals surface area contributed by atoms with Gasteiger partial charge >= 0.3 is 0 Å². The van der Waals surface area contributed by atoms with Gasteiger partial charge < -0.3 is 10.3 Å². The van der Waals surface area contributed by atoms with E-state index in [-0.39, 0.29) is 5.91 Å². The average molecular weight is 310 g/mol. The number of nitrogens with one attached hydrogen (secondary N) is 2. The number of rotatable bonds is 5. The van der Waals surface area contributed by atoms with Gasteiger partial charge in [0.1, 0.15) is 0 Å². The van der Waals surface area contributed by atoms with E-state index in [0.717, 1.165) is 23.0 Å². The summed E-state index contributed by atoms with van der Waals surface area (Å²) in [6.45, 7) is 4.04. The van der Waals surface area contributed by atoms with E-state index in [2.05, 4.69) is 22.2 Å². The topological polar surface area (TPSA) is 57.8 Å². The van der Waals surface area contributed by atoms with Crippen LogP contribution >= 0.6 is 23.4 Å². The van der Waals surface area contributed by atoms with E-state index in [1.807, 2.05) is 19.1 Å². The number of hydrogen-bond acceptors (Lipinski definition) is 3. The Hall–Kier alpha value is -1.46. The van der Waals surface area contributed by atoms with Gasteiger partial charge in [-0.3, -0.25) is 4.79 Å². The van der Waals surface area contributed by atoms with Crippen molar-refractivity contribution < 1.29 is 4.79 Å². The summed E-state index contributed by atoms with van der Waals surface area (Å²) in [4.78, 5) is 19.5. The van der Waals surface area contributed by atoms with Gasteiger partial charge in [0, 0.05) is 5.69 Å². The van der Waals surface area contributed by atoms with Crippen molar-refractivity contribution in [1.29, 1.82) is 0 Å². The molecule has 0 saturated carbocycles. The van der Waals surface area contributed by atoms with Gasteiger partial charge in [-0.2, -0.15) is 0 Å². The first-order chi connectivity index (χ1) is 9.60. The van der Waals surface area contributed by atoms with Gasteiger partial charge in [0.2, 0.25) is 5.91 Å². The summed E-state index contributed by atoms with van der Waals surface area (Å²) in [7, 11) is 0. The summed E-state index contributed by atoms with van der Waals surface area (Å²) in [6, 6.07) is 7.17. The quantitative estimate of drug-likeness (QED) is 0.829. The molecule has 0 saturated heterocycles. The molecule has 2 rings (SSSR count). The number of aryl methyl sites for hydroxylation is 2. The lowest BCUT2D eigenvalue weighted by Crippen LogP contribution is -2.14. The van der Waals surface area contributed by atoms with Gasteiger partial charge in [0.05, 0.1) is 22.2 Å². The molecule has 20 heavy (non-hydrogen) atoms. The van der Waals surface area contributed by atoms with Crippen molar-refractivity contribution in [3.63, 3.8) is 0 Å². The van der Waals surface area contributed by atoms with E-state index in [1.54, 1.807) is 12.1 Å². The molecule has 0 aliphatic carbocycles. The molecule has 0 radical (unpaired) electrons. The maximum Gasteiger partial charge on any atom is 0.234 e. The lowest BCUT2D eigenvalue weighted by molar-refractivity contribution is -0.113.